The maximum absolute atomic E-state index is 10.9. The first kappa shape index (κ1) is 22.9. The number of rotatable bonds is 7. The lowest BCUT2D eigenvalue weighted by Gasteiger charge is -2.25. The predicted molar refractivity (Wildman–Crippen MR) is 104 cm³/mol. The monoisotopic (exact) mass is 469 g/mol. The van der Waals surface area contributed by atoms with Gasteiger partial charge in [-0.1, -0.05) is 21.1 Å². The molecule has 1 aromatic heterocycles. The first-order valence-corrected chi connectivity index (χ1v) is 9.94. The average molecular weight is 470 g/mol. The molecule has 0 aliphatic carbocycles. The number of benzene rings is 1. The zero-order valence-corrected chi connectivity index (χ0v) is 17.5. The highest BCUT2D eigenvalue weighted by molar-refractivity contribution is 9.10. The second-order valence-electron chi connectivity index (χ2n) is 6.29. The van der Waals surface area contributed by atoms with E-state index in [2.05, 4.69) is 36.9 Å². The van der Waals surface area contributed by atoms with Gasteiger partial charge in [-0.2, -0.15) is 0 Å². The fraction of sp³-hybridized carbons (Fsp3) is 0.444. The molecule has 0 amide bonds. The summed E-state index contributed by atoms with van der Waals surface area (Å²) < 4.78 is 7.22. The van der Waals surface area contributed by atoms with Crippen molar-refractivity contribution in [2.45, 2.75) is 12.8 Å². The molecule has 0 bridgehead atoms. The molecule has 11 heteroatoms. The summed E-state index contributed by atoms with van der Waals surface area (Å²) in [5, 5.41) is 26.8. The van der Waals surface area contributed by atoms with Gasteiger partial charge in [0.25, 0.3) is 0 Å². The van der Waals surface area contributed by atoms with Crippen LogP contribution in [0.1, 0.15) is 22.6 Å². The molecule has 4 N–H and O–H groups in total. The Morgan fingerprint density at radius 1 is 1.24 bits per heavy atom. The Hall–Kier alpha value is -2.34. The van der Waals surface area contributed by atoms with Crippen LogP contribution in [0.5, 0.6) is 0 Å². The number of aromatic nitrogens is 3. The number of carbonyl (C=O) groups excluding carboxylic acids is 1. The van der Waals surface area contributed by atoms with Crippen molar-refractivity contribution in [1.82, 2.24) is 19.9 Å². The van der Waals surface area contributed by atoms with Crippen molar-refractivity contribution in [3.05, 3.63) is 40.1 Å². The van der Waals surface area contributed by atoms with Gasteiger partial charge in [0.1, 0.15) is 5.69 Å². The maximum Gasteiger partial charge on any atom is 0.309 e. The van der Waals surface area contributed by atoms with Gasteiger partial charge in [-0.05, 0) is 24.3 Å². The van der Waals surface area contributed by atoms with E-state index < -0.39 is 24.1 Å². The lowest BCUT2D eigenvalue weighted by Crippen LogP contribution is -2.51. The van der Waals surface area contributed by atoms with E-state index in [4.69, 9.17) is 9.84 Å². The molecule has 10 nitrogen and oxygen atoms in total. The number of carbonyl (C=O) groups is 2. The number of carboxylic acid groups (broad SMARTS) is 2. The van der Waals surface area contributed by atoms with Crippen molar-refractivity contribution >= 4 is 27.9 Å². The number of ether oxygens (including phenoxy) is 1. The average Bonchev–Trinajstić information content (AvgIpc) is 3.11. The van der Waals surface area contributed by atoms with Gasteiger partial charge in [-0.25, -0.2) is 4.68 Å². The zero-order valence-electron chi connectivity index (χ0n) is 15.9. The molecule has 0 spiro atoms. The number of hydrogen-bond donors (Lipinski definition) is 2. The van der Waals surface area contributed by atoms with Gasteiger partial charge in [-0.3, -0.25) is 9.69 Å². The molecular formula is C18H24BrN5O5. The fourth-order valence-electron chi connectivity index (χ4n) is 2.71. The lowest BCUT2D eigenvalue weighted by molar-refractivity contribution is -0.368. The van der Waals surface area contributed by atoms with E-state index in [-0.39, 0.29) is 5.69 Å². The van der Waals surface area contributed by atoms with E-state index in [1.54, 1.807) is 24.3 Å². The smallest absolute Gasteiger partial charge is 0.309 e. The highest BCUT2D eigenvalue weighted by Gasteiger charge is 2.17. The van der Waals surface area contributed by atoms with E-state index in [0.717, 1.165) is 37.3 Å². The number of halogens is 1. The summed E-state index contributed by atoms with van der Waals surface area (Å²) in [6.07, 6.45) is 0.715. The summed E-state index contributed by atoms with van der Waals surface area (Å²) in [7, 11) is 0. The molecule has 1 aliphatic rings. The van der Waals surface area contributed by atoms with Crippen LogP contribution in [0, 0.1) is 0 Å². The van der Waals surface area contributed by atoms with Crippen LogP contribution in [0.3, 0.4) is 0 Å². The molecule has 0 atom stereocenters. The number of nitrogens with zero attached hydrogens (tertiary/aromatic N) is 4. The van der Waals surface area contributed by atoms with Gasteiger partial charge in [0, 0.05) is 30.5 Å². The minimum absolute atomic E-state index is 0.0326. The summed E-state index contributed by atoms with van der Waals surface area (Å²) in [6, 6.07) is 6.76. The molecule has 1 saturated heterocycles. The summed E-state index contributed by atoms with van der Waals surface area (Å²) in [5.41, 5.74) is 3.83. The molecule has 1 aliphatic heterocycles. The maximum atomic E-state index is 10.9. The second kappa shape index (κ2) is 11.6. The van der Waals surface area contributed by atoms with Gasteiger partial charge in [0.05, 0.1) is 43.5 Å². The van der Waals surface area contributed by atoms with Crippen LogP contribution in [-0.2, 0) is 16.0 Å². The summed E-state index contributed by atoms with van der Waals surface area (Å²) in [6.45, 7) is 6.30. The second-order valence-corrected chi connectivity index (χ2v) is 7.21. The molecule has 3 rings (SSSR count). The molecular weight excluding hydrogens is 446 g/mol. The van der Waals surface area contributed by atoms with Gasteiger partial charge >= 0.3 is 5.97 Å². The highest BCUT2D eigenvalue weighted by Crippen LogP contribution is 2.17. The quantitative estimate of drug-likeness (QED) is 0.522. The number of aromatic carboxylic acids is 1. The molecule has 2 heterocycles. The Balaban J connectivity index is 0.000000253. The van der Waals surface area contributed by atoms with Crippen molar-refractivity contribution in [3.63, 3.8) is 0 Å². The minimum atomic E-state index is -1.56. The third kappa shape index (κ3) is 7.20. The molecule has 1 fully saturated rings. The van der Waals surface area contributed by atoms with Crippen LogP contribution in [-0.4, -0.2) is 76.3 Å². The summed E-state index contributed by atoms with van der Waals surface area (Å²) in [5.74, 6) is -2.73. The number of hydrogen-bond acceptors (Lipinski definition) is 7. The Kier molecular flexibility index (Phi) is 9.19. The third-order valence-electron chi connectivity index (χ3n) is 4.17. The molecule has 1 aromatic carbocycles. The van der Waals surface area contributed by atoms with E-state index in [9.17, 15) is 14.7 Å². The topological polar surface area (TPSA) is 148 Å². The van der Waals surface area contributed by atoms with E-state index in [0.29, 0.717) is 5.69 Å². The Labute approximate surface area is 176 Å². The summed E-state index contributed by atoms with van der Waals surface area (Å²) in [4.78, 5) is 24.1. The van der Waals surface area contributed by atoms with Gasteiger partial charge in [-0.15, -0.1) is 5.10 Å². The summed E-state index contributed by atoms with van der Waals surface area (Å²) >= 11 is 3.26. The third-order valence-corrected chi connectivity index (χ3v) is 4.70. The molecule has 158 valence electrons. The molecule has 29 heavy (non-hydrogen) atoms. The first-order valence-electron chi connectivity index (χ1n) is 9.15. The standard InChI is InChI=1S/C11H8BrN3O4.C7H16N2O/c12-6-1-3-7(4-2-6)15-8(5-9(16)17)10(11(18)19)13-14-15;8-2-1-3-9-4-6-10-7-5-9/h1-4H,5H2,(H,16,17)(H,18,19);1-8H2. The van der Waals surface area contributed by atoms with Crippen LogP contribution in [0.25, 0.3) is 5.69 Å². The minimum Gasteiger partial charge on any atom is -0.543 e. The molecule has 0 unspecified atom stereocenters. The number of carboxylic acids is 2. The van der Waals surface area contributed by atoms with Crippen molar-refractivity contribution in [1.29, 1.82) is 0 Å². The van der Waals surface area contributed by atoms with Crippen LogP contribution in [0.4, 0.5) is 0 Å². The molecule has 0 radical (unpaired) electrons. The Morgan fingerprint density at radius 2 is 1.90 bits per heavy atom. The molecule has 2 aromatic rings. The normalized spacial score (nSPS) is 14.1. The fourth-order valence-corrected chi connectivity index (χ4v) is 2.98. The molecule has 0 saturated carbocycles. The van der Waals surface area contributed by atoms with E-state index in [1.807, 2.05) is 0 Å². The number of morpholine rings is 1. The Morgan fingerprint density at radius 3 is 2.45 bits per heavy atom. The SMILES string of the molecule is O=C(O)Cc1c(C(=O)[O-])nnn1-c1ccc(Br)cc1.[NH3+]CCCN1CCOCC1. The number of quaternary nitrogens is 1. The van der Waals surface area contributed by atoms with E-state index in [1.165, 1.54) is 17.6 Å². The van der Waals surface area contributed by atoms with Crippen molar-refractivity contribution in [2.75, 3.05) is 39.4 Å². The Bertz CT molecular complexity index is 805. The van der Waals surface area contributed by atoms with Gasteiger partial charge in [0.15, 0.2) is 0 Å². The van der Waals surface area contributed by atoms with Crippen molar-refractivity contribution in [2.24, 2.45) is 0 Å². The predicted octanol–water partition coefficient (Wildman–Crippen LogP) is -1.03. The van der Waals surface area contributed by atoms with Crippen LogP contribution < -0.4 is 10.8 Å². The van der Waals surface area contributed by atoms with Crippen LogP contribution >= 0.6 is 15.9 Å². The van der Waals surface area contributed by atoms with Crippen molar-refractivity contribution < 1.29 is 30.3 Å². The van der Waals surface area contributed by atoms with Crippen molar-refractivity contribution in [3.8, 4) is 5.69 Å². The largest absolute Gasteiger partial charge is 0.543 e. The zero-order chi connectivity index (χ0) is 21.2. The lowest BCUT2D eigenvalue weighted by atomic mass is 10.2. The number of aliphatic carboxylic acids is 1. The van der Waals surface area contributed by atoms with Gasteiger partial charge < -0.3 is 25.5 Å². The van der Waals surface area contributed by atoms with Crippen LogP contribution in [0.15, 0.2) is 28.7 Å². The first-order chi connectivity index (χ1) is 13.9. The van der Waals surface area contributed by atoms with Gasteiger partial charge in [0.2, 0.25) is 0 Å². The highest BCUT2D eigenvalue weighted by atomic mass is 79.9. The van der Waals surface area contributed by atoms with Crippen LogP contribution in [0.2, 0.25) is 0 Å². The van der Waals surface area contributed by atoms with E-state index >= 15 is 0 Å².